The smallest absolute Gasteiger partial charge is 0.324 e. The second kappa shape index (κ2) is 10.6. The molecule has 5 aromatic rings. The van der Waals surface area contributed by atoms with Crippen LogP contribution in [0.2, 0.25) is 0 Å². The van der Waals surface area contributed by atoms with E-state index in [2.05, 4.69) is 25.7 Å². The van der Waals surface area contributed by atoms with Gasteiger partial charge in [-0.15, -0.1) is 0 Å². The molecule has 0 fully saturated rings. The number of benzene rings is 2. The van der Waals surface area contributed by atoms with Gasteiger partial charge in [-0.25, -0.2) is 13.9 Å². The van der Waals surface area contributed by atoms with E-state index < -0.39 is 11.8 Å². The lowest BCUT2D eigenvalue weighted by molar-refractivity contribution is 0.262. The summed E-state index contributed by atoms with van der Waals surface area (Å²) in [5.41, 5.74) is 8.03. The number of ether oxygens (including phenoxy) is 1. The van der Waals surface area contributed by atoms with Crippen LogP contribution in [-0.4, -0.2) is 31.6 Å². The van der Waals surface area contributed by atoms with Gasteiger partial charge in [0.05, 0.1) is 22.6 Å². The van der Waals surface area contributed by atoms with Crippen LogP contribution in [0.1, 0.15) is 31.2 Å². The Labute approximate surface area is 223 Å². The summed E-state index contributed by atoms with van der Waals surface area (Å²) in [4.78, 5) is 21.2. The van der Waals surface area contributed by atoms with Crippen LogP contribution in [0.3, 0.4) is 0 Å². The third-order valence-electron chi connectivity index (χ3n) is 5.82. The maximum atomic E-state index is 14.8. The summed E-state index contributed by atoms with van der Waals surface area (Å²) in [6.45, 7) is 4.01. The highest BCUT2D eigenvalue weighted by Gasteiger charge is 2.16. The van der Waals surface area contributed by atoms with Gasteiger partial charge in [0.25, 0.3) is 0 Å². The first-order valence-corrected chi connectivity index (χ1v) is 12.1. The standard InChI is InChI=1S/C28H25FN8O2/c1-16(2)24-15-26(37(36-24)18-5-7-22-17(12-18)4-3-10-32-22)35-28(38)34-23-8-6-19(13-21(23)29)39-20-9-11-33-25(14-20)27(30)31/h3-16H,1-2H3,(H3,30,31)(H2,34,35,38). The van der Waals surface area contributed by atoms with Gasteiger partial charge in [-0.2, -0.15) is 5.10 Å². The van der Waals surface area contributed by atoms with Gasteiger partial charge >= 0.3 is 6.03 Å². The Morgan fingerprint density at radius 1 is 1.00 bits per heavy atom. The number of urea groups is 1. The molecule has 5 rings (SSSR count). The van der Waals surface area contributed by atoms with Crippen molar-refractivity contribution < 1.29 is 13.9 Å². The zero-order valence-corrected chi connectivity index (χ0v) is 21.1. The first-order valence-electron chi connectivity index (χ1n) is 12.1. The minimum atomic E-state index is -0.693. The molecule has 0 bridgehead atoms. The van der Waals surface area contributed by atoms with Gasteiger partial charge in [0.1, 0.15) is 34.7 Å². The SMILES string of the molecule is CC(C)c1cc(NC(=O)Nc2ccc(Oc3ccnc(C(=N)N)c3)cc2F)n(-c2ccc3ncccc3c2)n1. The number of pyridine rings is 2. The minimum Gasteiger partial charge on any atom is -0.457 e. The van der Waals surface area contributed by atoms with Crippen molar-refractivity contribution in [1.82, 2.24) is 19.7 Å². The number of hydrogen-bond donors (Lipinski definition) is 4. The van der Waals surface area contributed by atoms with Gasteiger partial charge in [0.2, 0.25) is 0 Å². The molecule has 0 aliphatic carbocycles. The number of nitrogens with one attached hydrogen (secondary N) is 3. The van der Waals surface area contributed by atoms with Crippen molar-refractivity contribution >= 4 is 34.3 Å². The fraction of sp³-hybridized carbons (Fsp3) is 0.107. The highest BCUT2D eigenvalue weighted by molar-refractivity contribution is 5.99. The van der Waals surface area contributed by atoms with Crippen molar-refractivity contribution in [2.75, 3.05) is 10.6 Å². The third-order valence-corrected chi connectivity index (χ3v) is 5.82. The molecule has 2 amide bonds. The molecule has 39 heavy (non-hydrogen) atoms. The Morgan fingerprint density at radius 3 is 2.59 bits per heavy atom. The Bertz CT molecular complexity index is 1700. The number of carbonyl (C=O) groups excluding carboxylic acids is 1. The summed E-state index contributed by atoms with van der Waals surface area (Å²) < 4.78 is 22.1. The van der Waals surface area contributed by atoms with E-state index >= 15 is 0 Å². The van der Waals surface area contributed by atoms with Crippen LogP contribution in [0.15, 0.2) is 79.1 Å². The average Bonchev–Trinajstić information content (AvgIpc) is 3.34. The highest BCUT2D eigenvalue weighted by Crippen LogP contribution is 2.27. The fourth-order valence-corrected chi connectivity index (χ4v) is 3.85. The van der Waals surface area contributed by atoms with Crippen molar-refractivity contribution in [1.29, 1.82) is 5.41 Å². The van der Waals surface area contributed by atoms with Crippen molar-refractivity contribution in [2.24, 2.45) is 5.73 Å². The number of halogens is 1. The molecule has 0 aliphatic heterocycles. The molecule has 3 heterocycles. The molecule has 2 aromatic carbocycles. The van der Waals surface area contributed by atoms with Crippen LogP contribution in [0, 0.1) is 11.2 Å². The summed E-state index contributed by atoms with van der Waals surface area (Å²) >= 11 is 0. The molecule has 10 nitrogen and oxygen atoms in total. The predicted octanol–water partition coefficient (Wildman–Crippen LogP) is 5.80. The zero-order chi connectivity index (χ0) is 27.5. The molecule has 3 aromatic heterocycles. The zero-order valence-electron chi connectivity index (χ0n) is 21.1. The summed E-state index contributed by atoms with van der Waals surface area (Å²) in [5, 5.41) is 18.4. The van der Waals surface area contributed by atoms with Crippen LogP contribution < -0.4 is 21.1 Å². The number of carbonyl (C=O) groups is 1. The maximum Gasteiger partial charge on any atom is 0.324 e. The molecule has 11 heteroatoms. The topological polar surface area (TPSA) is 144 Å². The molecule has 0 saturated heterocycles. The summed E-state index contributed by atoms with van der Waals surface area (Å²) in [6.07, 6.45) is 3.16. The molecular weight excluding hydrogens is 499 g/mol. The quantitative estimate of drug-likeness (QED) is 0.156. The summed E-state index contributed by atoms with van der Waals surface area (Å²) in [7, 11) is 0. The normalized spacial score (nSPS) is 11.0. The van der Waals surface area contributed by atoms with Gasteiger partial charge in [0.15, 0.2) is 0 Å². The van der Waals surface area contributed by atoms with Crippen LogP contribution in [0.5, 0.6) is 11.5 Å². The number of nitrogens with zero attached hydrogens (tertiary/aromatic N) is 4. The Morgan fingerprint density at radius 2 is 1.82 bits per heavy atom. The molecule has 5 N–H and O–H groups in total. The first kappa shape index (κ1) is 25.3. The molecule has 196 valence electrons. The number of amides is 2. The van der Waals surface area contributed by atoms with Gasteiger partial charge < -0.3 is 15.8 Å². The number of amidine groups is 1. The van der Waals surface area contributed by atoms with Crippen LogP contribution in [0.4, 0.5) is 20.7 Å². The van der Waals surface area contributed by atoms with E-state index in [4.69, 9.17) is 15.9 Å². The van der Waals surface area contributed by atoms with Gasteiger partial charge in [-0.05, 0) is 48.4 Å². The van der Waals surface area contributed by atoms with E-state index in [1.54, 1.807) is 23.0 Å². The largest absolute Gasteiger partial charge is 0.457 e. The van der Waals surface area contributed by atoms with Crippen molar-refractivity contribution in [2.45, 2.75) is 19.8 Å². The highest BCUT2D eigenvalue weighted by atomic mass is 19.1. The van der Waals surface area contributed by atoms with Gasteiger partial charge in [-0.1, -0.05) is 19.9 Å². The molecule has 0 aliphatic rings. The molecular formula is C28H25FN8O2. The number of anilines is 2. The number of fused-ring (bicyclic) bond motifs is 1. The van der Waals surface area contributed by atoms with Crippen molar-refractivity contribution in [3.05, 3.63) is 96.3 Å². The van der Waals surface area contributed by atoms with Crippen LogP contribution in [0.25, 0.3) is 16.6 Å². The number of rotatable bonds is 7. The molecule has 0 saturated carbocycles. The summed E-state index contributed by atoms with van der Waals surface area (Å²) in [6, 6.07) is 17.7. The molecule has 0 spiro atoms. The van der Waals surface area contributed by atoms with Crippen LogP contribution >= 0.6 is 0 Å². The predicted molar refractivity (Wildman–Crippen MR) is 147 cm³/mol. The van der Waals surface area contributed by atoms with Crippen LogP contribution in [-0.2, 0) is 0 Å². The second-order valence-electron chi connectivity index (χ2n) is 9.01. The van der Waals surface area contributed by atoms with E-state index in [1.807, 2.05) is 44.2 Å². The lowest BCUT2D eigenvalue weighted by Crippen LogP contribution is -2.22. The Hall–Kier alpha value is -5.32. The minimum absolute atomic E-state index is 0.0362. The van der Waals surface area contributed by atoms with E-state index in [-0.39, 0.29) is 28.9 Å². The monoisotopic (exact) mass is 524 g/mol. The average molecular weight is 525 g/mol. The number of nitrogen functional groups attached to an aromatic ring is 1. The van der Waals surface area contributed by atoms with Gasteiger partial charge in [0, 0.05) is 36.0 Å². The van der Waals surface area contributed by atoms with E-state index in [9.17, 15) is 9.18 Å². The van der Waals surface area contributed by atoms with Gasteiger partial charge in [-0.3, -0.25) is 20.7 Å². The third kappa shape index (κ3) is 5.67. The Balaban J connectivity index is 1.34. The Kier molecular flexibility index (Phi) is 6.87. The lowest BCUT2D eigenvalue weighted by atomic mass is 10.1. The number of aromatic nitrogens is 4. The van der Waals surface area contributed by atoms with Crippen molar-refractivity contribution in [3.63, 3.8) is 0 Å². The van der Waals surface area contributed by atoms with E-state index in [0.29, 0.717) is 11.6 Å². The summed E-state index contributed by atoms with van der Waals surface area (Å²) in [5.74, 6) is 0.183. The molecule has 0 unspecified atom stereocenters. The number of hydrogen-bond acceptors (Lipinski definition) is 6. The van der Waals surface area contributed by atoms with E-state index in [1.165, 1.54) is 24.4 Å². The molecule has 0 radical (unpaired) electrons. The first-order chi connectivity index (χ1) is 18.8. The second-order valence-corrected chi connectivity index (χ2v) is 9.01. The molecule has 0 atom stereocenters. The van der Waals surface area contributed by atoms with E-state index in [0.717, 1.165) is 28.4 Å². The fourth-order valence-electron chi connectivity index (χ4n) is 3.85. The maximum absolute atomic E-state index is 14.8. The number of nitrogens with two attached hydrogens (primary N) is 1. The van der Waals surface area contributed by atoms with Crippen molar-refractivity contribution in [3.8, 4) is 17.2 Å². The lowest BCUT2D eigenvalue weighted by Gasteiger charge is -2.12.